The molecule has 3 atom stereocenters. The minimum absolute atomic E-state index is 0.00687. The van der Waals surface area contributed by atoms with E-state index >= 15 is 0 Å². The fraction of sp³-hybridized carbons (Fsp3) is 0.333. The number of carbonyl (C=O) groups excluding carboxylic acids is 1. The van der Waals surface area contributed by atoms with Gasteiger partial charge in [0.25, 0.3) is 5.91 Å². The van der Waals surface area contributed by atoms with Crippen LogP contribution in [0.15, 0.2) is 73.1 Å². The highest BCUT2D eigenvalue weighted by atomic mass is 35.5. The molecule has 1 amide bonds. The van der Waals surface area contributed by atoms with Crippen LogP contribution in [-0.4, -0.2) is 27.9 Å². The number of benzene rings is 2. The molecule has 0 radical (unpaired) electrons. The van der Waals surface area contributed by atoms with Crippen LogP contribution in [0.5, 0.6) is 0 Å². The molecule has 4 rings (SSSR count). The fourth-order valence-corrected chi connectivity index (χ4v) is 4.82. The number of hydrogen-bond donors (Lipinski definition) is 1. The molecule has 0 saturated heterocycles. The Hall–Kier alpha value is -2.69. The second-order valence-electron chi connectivity index (χ2n) is 8.86. The van der Waals surface area contributed by atoms with Crippen molar-refractivity contribution in [3.8, 4) is 0 Å². The summed E-state index contributed by atoms with van der Waals surface area (Å²) in [5.41, 5.74) is 3.89. The third-order valence-corrected chi connectivity index (χ3v) is 6.71. The average molecular weight is 449 g/mol. The molecule has 0 aliphatic heterocycles. The molecule has 1 heterocycles. The Kier molecular flexibility index (Phi) is 7.23. The van der Waals surface area contributed by atoms with Crippen molar-refractivity contribution in [3.05, 3.63) is 100 Å². The van der Waals surface area contributed by atoms with E-state index in [9.17, 15) is 9.90 Å². The smallest absolute Gasteiger partial charge is 0.253 e. The third-order valence-electron chi connectivity index (χ3n) is 6.45. The predicted molar refractivity (Wildman–Crippen MR) is 127 cm³/mol. The molecule has 1 aliphatic rings. The number of amides is 1. The number of halogens is 1. The quantitative estimate of drug-likeness (QED) is 0.504. The number of aliphatic hydroxyl groups excluding tert-OH is 1. The first-order chi connectivity index (χ1) is 15.5. The van der Waals surface area contributed by atoms with Crippen LogP contribution in [0.2, 0.25) is 5.02 Å². The van der Waals surface area contributed by atoms with Gasteiger partial charge in [0, 0.05) is 36.6 Å². The van der Waals surface area contributed by atoms with Gasteiger partial charge in [0.05, 0.1) is 6.10 Å². The Morgan fingerprint density at radius 2 is 1.84 bits per heavy atom. The summed E-state index contributed by atoms with van der Waals surface area (Å²) >= 11 is 5.97. The van der Waals surface area contributed by atoms with Gasteiger partial charge in [-0.25, -0.2) is 0 Å². The van der Waals surface area contributed by atoms with Crippen LogP contribution >= 0.6 is 11.6 Å². The molecule has 166 valence electrons. The van der Waals surface area contributed by atoms with E-state index in [1.54, 1.807) is 17.3 Å². The van der Waals surface area contributed by atoms with Crippen molar-refractivity contribution < 1.29 is 9.90 Å². The van der Waals surface area contributed by atoms with Crippen LogP contribution in [0, 0.1) is 11.8 Å². The Labute approximate surface area is 194 Å². The Bertz CT molecular complexity index is 1020. The predicted octanol–water partition coefficient (Wildman–Crippen LogP) is 5.70. The normalized spacial score (nSPS) is 19.0. The third kappa shape index (κ3) is 5.56. The molecule has 32 heavy (non-hydrogen) atoms. The number of aromatic nitrogens is 1. The van der Waals surface area contributed by atoms with Crippen molar-refractivity contribution >= 4 is 17.5 Å². The van der Waals surface area contributed by atoms with Gasteiger partial charge < -0.3 is 10.0 Å². The van der Waals surface area contributed by atoms with E-state index in [0.29, 0.717) is 23.0 Å². The van der Waals surface area contributed by atoms with E-state index in [4.69, 9.17) is 11.6 Å². The standard InChI is InChI=1S/C27H29ClN2O2/c1-30(18-21-3-2-14-29-17-21)27(32)23-7-4-19(5-8-23)15-20-6-9-24(16-20)26(31)22-10-12-25(28)13-11-22/h2-5,7-8,10-14,17,20,24,26,31H,6,9,15-16,18H2,1H3/t20-,24-,26+/m0/s1. The maximum absolute atomic E-state index is 12.7. The Balaban J connectivity index is 1.31. The maximum Gasteiger partial charge on any atom is 0.253 e. The van der Waals surface area contributed by atoms with Gasteiger partial charge in [0.2, 0.25) is 0 Å². The molecular formula is C27H29ClN2O2. The number of aliphatic hydroxyl groups is 1. The number of pyridine rings is 1. The molecule has 2 aromatic carbocycles. The molecule has 1 aromatic heterocycles. The van der Waals surface area contributed by atoms with E-state index in [1.165, 1.54) is 5.56 Å². The minimum atomic E-state index is -0.437. The maximum atomic E-state index is 12.7. The van der Waals surface area contributed by atoms with Crippen molar-refractivity contribution in [2.45, 2.75) is 38.3 Å². The molecular weight excluding hydrogens is 420 g/mol. The fourth-order valence-electron chi connectivity index (χ4n) is 4.69. The highest BCUT2D eigenvalue weighted by molar-refractivity contribution is 6.30. The molecule has 1 fully saturated rings. The largest absolute Gasteiger partial charge is 0.388 e. The van der Waals surface area contributed by atoms with Gasteiger partial charge in [-0.1, -0.05) is 41.9 Å². The van der Waals surface area contributed by atoms with Crippen molar-refractivity contribution in [2.24, 2.45) is 11.8 Å². The first-order valence-corrected chi connectivity index (χ1v) is 11.5. The van der Waals surface area contributed by atoms with Crippen LogP contribution in [0.25, 0.3) is 0 Å². The molecule has 3 aromatic rings. The van der Waals surface area contributed by atoms with Crippen molar-refractivity contribution in [2.75, 3.05) is 7.05 Å². The second kappa shape index (κ2) is 10.3. The molecule has 1 N–H and O–H groups in total. The highest BCUT2D eigenvalue weighted by Gasteiger charge is 2.30. The number of rotatable bonds is 7. The van der Waals surface area contributed by atoms with Gasteiger partial charge in [-0.2, -0.15) is 0 Å². The summed E-state index contributed by atoms with van der Waals surface area (Å²) in [6.45, 7) is 0.536. The Morgan fingerprint density at radius 1 is 1.09 bits per heavy atom. The SMILES string of the molecule is CN(Cc1cccnc1)C(=O)c1ccc(C[C@@H]2CC[C@H]([C@H](O)c3ccc(Cl)cc3)C2)cc1. The number of nitrogens with zero attached hydrogens (tertiary/aromatic N) is 2. The molecule has 5 heteroatoms. The van der Waals surface area contributed by atoms with E-state index < -0.39 is 6.10 Å². The second-order valence-corrected chi connectivity index (χ2v) is 9.30. The van der Waals surface area contributed by atoms with Crippen molar-refractivity contribution in [1.82, 2.24) is 9.88 Å². The highest BCUT2D eigenvalue weighted by Crippen LogP contribution is 2.40. The van der Waals surface area contributed by atoms with Crippen LogP contribution in [0.1, 0.15) is 52.4 Å². The molecule has 0 bridgehead atoms. The summed E-state index contributed by atoms with van der Waals surface area (Å²) in [4.78, 5) is 18.6. The van der Waals surface area contributed by atoms with Crippen molar-refractivity contribution in [1.29, 1.82) is 0 Å². The zero-order valence-corrected chi connectivity index (χ0v) is 19.1. The molecule has 1 aliphatic carbocycles. The van der Waals surface area contributed by atoms with Gasteiger partial charge in [0.15, 0.2) is 0 Å². The topological polar surface area (TPSA) is 53.4 Å². The monoisotopic (exact) mass is 448 g/mol. The summed E-state index contributed by atoms with van der Waals surface area (Å²) < 4.78 is 0. The van der Waals surface area contributed by atoms with Gasteiger partial charge in [-0.3, -0.25) is 9.78 Å². The van der Waals surface area contributed by atoms with Gasteiger partial charge in [0.1, 0.15) is 0 Å². The summed E-state index contributed by atoms with van der Waals surface area (Å²) in [5, 5.41) is 11.5. The van der Waals surface area contributed by atoms with Crippen LogP contribution in [0.3, 0.4) is 0 Å². The zero-order valence-electron chi connectivity index (χ0n) is 18.3. The summed E-state index contributed by atoms with van der Waals surface area (Å²) in [5.74, 6) is 0.840. The van der Waals surface area contributed by atoms with Crippen LogP contribution < -0.4 is 0 Å². The first-order valence-electron chi connectivity index (χ1n) is 11.2. The van der Waals surface area contributed by atoms with Gasteiger partial charge in [-0.05, 0) is 84.5 Å². The van der Waals surface area contributed by atoms with Crippen LogP contribution in [0.4, 0.5) is 0 Å². The first kappa shape index (κ1) is 22.5. The van der Waals surface area contributed by atoms with E-state index in [1.807, 2.05) is 55.6 Å². The van der Waals surface area contributed by atoms with E-state index in [0.717, 1.165) is 36.8 Å². The van der Waals surface area contributed by atoms with Gasteiger partial charge >= 0.3 is 0 Å². The Morgan fingerprint density at radius 3 is 2.53 bits per heavy atom. The lowest BCUT2D eigenvalue weighted by atomic mass is 9.91. The van der Waals surface area contributed by atoms with Crippen molar-refractivity contribution in [3.63, 3.8) is 0 Å². The average Bonchev–Trinajstić information content (AvgIpc) is 3.28. The minimum Gasteiger partial charge on any atom is -0.388 e. The summed E-state index contributed by atoms with van der Waals surface area (Å²) in [6, 6.07) is 19.3. The number of carbonyl (C=O) groups is 1. The lowest BCUT2D eigenvalue weighted by Gasteiger charge is -2.19. The lowest BCUT2D eigenvalue weighted by Crippen LogP contribution is -2.26. The molecule has 4 nitrogen and oxygen atoms in total. The van der Waals surface area contributed by atoms with Crippen LogP contribution in [-0.2, 0) is 13.0 Å². The molecule has 0 spiro atoms. The molecule has 0 unspecified atom stereocenters. The van der Waals surface area contributed by atoms with E-state index in [2.05, 4.69) is 17.1 Å². The van der Waals surface area contributed by atoms with Gasteiger partial charge in [-0.15, -0.1) is 0 Å². The lowest BCUT2D eigenvalue weighted by molar-refractivity contribution is 0.0785. The van der Waals surface area contributed by atoms with E-state index in [-0.39, 0.29) is 11.8 Å². The number of hydrogen-bond acceptors (Lipinski definition) is 3. The summed E-state index contributed by atoms with van der Waals surface area (Å²) in [6.07, 6.45) is 7.21. The zero-order chi connectivity index (χ0) is 22.5. The summed E-state index contributed by atoms with van der Waals surface area (Å²) in [7, 11) is 1.81. The molecule has 1 saturated carbocycles.